The van der Waals surface area contributed by atoms with E-state index in [1.54, 1.807) is 13.0 Å². The monoisotopic (exact) mass is 426 g/mol. The molecule has 30 heavy (non-hydrogen) atoms. The third-order valence-corrected chi connectivity index (χ3v) is 10.4. The van der Waals surface area contributed by atoms with Gasteiger partial charge in [0.25, 0.3) is 5.91 Å². The average molecular weight is 427 g/mol. The molecule has 0 unspecified atom stereocenters. The highest BCUT2D eigenvalue weighted by Crippen LogP contribution is 2.64. The number of nitrogens with one attached hydrogen (secondary N) is 1. The molecular weight excluding hydrogens is 393 g/mol. The van der Waals surface area contributed by atoms with Gasteiger partial charge in [-0.05, 0) is 49.8 Å². The summed E-state index contributed by atoms with van der Waals surface area (Å²) in [6.45, 7) is 4.14. The van der Waals surface area contributed by atoms with Crippen LogP contribution < -0.4 is 5.32 Å². The number of hydrogen-bond donors (Lipinski definition) is 1. The fourth-order valence-corrected chi connectivity index (χ4v) is 8.86. The zero-order valence-electron chi connectivity index (χ0n) is 18.2. The van der Waals surface area contributed by atoms with E-state index in [2.05, 4.69) is 29.6 Å². The lowest BCUT2D eigenvalue weighted by atomic mass is 10.0. The van der Waals surface area contributed by atoms with Crippen LogP contribution in [0.2, 0.25) is 0 Å². The highest BCUT2D eigenvalue weighted by Gasteiger charge is 2.41. The Morgan fingerprint density at radius 1 is 0.967 bits per heavy atom. The van der Waals surface area contributed by atoms with E-state index < -0.39 is 7.26 Å². The Balaban J connectivity index is 1.81. The lowest BCUT2D eigenvalue weighted by Crippen LogP contribution is -2.26. The average Bonchev–Trinajstić information content (AvgIpc) is 2.75. The fraction of sp³-hybridized carbons (Fsp3) is 0.440. The Kier molecular flexibility index (Phi) is 8.04. The Bertz CT molecular complexity index is 860. The van der Waals surface area contributed by atoms with Gasteiger partial charge in [0, 0.05) is 7.26 Å². The number of carbonyl (C=O) groups is 2. The maximum atomic E-state index is 13.2. The number of benzene rings is 2. The van der Waals surface area contributed by atoms with Gasteiger partial charge >= 0.3 is 5.97 Å². The fourth-order valence-electron chi connectivity index (χ4n) is 4.43. The van der Waals surface area contributed by atoms with Crippen molar-refractivity contribution in [2.45, 2.75) is 45.7 Å². The summed E-state index contributed by atoms with van der Waals surface area (Å²) in [7, 11) is -1.41. The molecule has 0 aliphatic carbocycles. The molecule has 1 amide bonds. The third-order valence-electron chi connectivity index (χ3n) is 5.90. The minimum absolute atomic E-state index is 0.0348. The predicted octanol–water partition coefficient (Wildman–Crippen LogP) is 5.77. The number of aryl methyl sites for hydroxylation is 1. The highest BCUT2D eigenvalue weighted by atomic mass is 31.2. The van der Waals surface area contributed by atoms with E-state index in [4.69, 9.17) is 4.74 Å². The van der Waals surface area contributed by atoms with Crippen LogP contribution in [-0.2, 0) is 22.1 Å². The molecule has 0 saturated carbocycles. The van der Waals surface area contributed by atoms with Crippen molar-refractivity contribution in [2.75, 3.05) is 30.4 Å². The first-order valence-corrected chi connectivity index (χ1v) is 13.6. The first kappa shape index (κ1) is 22.5. The van der Waals surface area contributed by atoms with Gasteiger partial charge in [0.15, 0.2) is 0 Å². The molecule has 0 aromatic heterocycles. The summed E-state index contributed by atoms with van der Waals surface area (Å²) in [4.78, 5) is 25.7. The molecule has 0 atom stereocenters. The van der Waals surface area contributed by atoms with Crippen molar-refractivity contribution < 1.29 is 14.3 Å². The van der Waals surface area contributed by atoms with Gasteiger partial charge in [0.1, 0.15) is 6.16 Å². The largest absolute Gasteiger partial charge is 0.462 e. The Morgan fingerprint density at radius 2 is 1.70 bits per heavy atom. The van der Waals surface area contributed by atoms with Crippen LogP contribution in [0, 0.1) is 0 Å². The topological polar surface area (TPSA) is 55.4 Å². The molecule has 1 aliphatic rings. The molecule has 2 aromatic carbocycles. The molecule has 0 spiro atoms. The van der Waals surface area contributed by atoms with Crippen molar-refractivity contribution in [3.05, 3.63) is 65.2 Å². The van der Waals surface area contributed by atoms with Crippen molar-refractivity contribution in [2.24, 2.45) is 0 Å². The molecule has 1 fully saturated rings. The van der Waals surface area contributed by atoms with Crippen LogP contribution in [0.3, 0.4) is 0 Å². The van der Waals surface area contributed by atoms with E-state index in [1.807, 2.05) is 25.1 Å². The lowest BCUT2D eigenvalue weighted by Gasteiger charge is -2.31. The number of ether oxygens (including phenoxy) is 1. The number of anilines is 1. The van der Waals surface area contributed by atoms with Crippen LogP contribution in [-0.4, -0.2) is 37.0 Å². The number of para-hydroxylation sites is 1. The number of amides is 1. The van der Waals surface area contributed by atoms with Gasteiger partial charge in [-0.3, -0.25) is 4.79 Å². The molecule has 3 rings (SSSR count). The number of esters is 1. The zero-order valence-corrected chi connectivity index (χ0v) is 19.0. The summed E-state index contributed by atoms with van der Waals surface area (Å²) < 4.78 is 5.22. The molecular formula is C25H33NO3P+. The standard InChI is InChI=1S/C25H32NO3P/c1-3-21-14-11-15-22(25(28)29-4-2)24(21)26-23(27)19-30(16-9-6-10-17-30)18-20-12-7-5-8-13-20/h5,7-8,11-15H,3-4,6,9-10,16-19H2,1-2H3/p+1. The van der Waals surface area contributed by atoms with E-state index >= 15 is 0 Å². The minimum atomic E-state index is -1.41. The van der Waals surface area contributed by atoms with Crippen LogP contribution in [0.4, 0.5) is 5.69 Å². The normalized spacial score (nSPS) is 15.4. The van der Waals surface area contributed by atoms with Crippen LogP contribution in [0.1, 0.15) is 54.6 Å². The number of carbonyl (C=O) groups excluding carboxylic acids is 2. The van der Waals surface area contributed by atoms with Crippen molar-refractivity contribution >= 4 is 24.8 Å². The van der Waals surface area contributed by atoms with Crippen LogP contribution in [0.25, 0.3) is 0 Å². The van der Waals surface area contributed by atoms with Gasteiger partial charge in [0.2, 0.25) is 0 Å². The van der Waals surface area contributed by atoms with Gasteiger partial charge < -0.3 is 10.1 Å². The molecule has 1 saturated heterocycles. The summed E-state index contributed by atoms with van der Waals surface area (Å²) in [6, 6.07) is 16.1. The highest BCUT2D eigenvalue weighted by molar-refractivity contribution is 7.76. The molecule has 5 heteroatoms. The molecule has 1 aliphatic heterocycles. The molecule has 0 bridgehead atoms. The van der Waals surface area contributed by atoms with Crippen molar-refractivity contribution in [1.82, 2.24) is 0 Å². The smallest absolute Gasteiger partial charge is 0.340 e. The van der Waals surface area contributed by atoms with Crippen LogP contribution in [0.5, 0.6) is 0 Å². The Morgan fingerprint density at radius 3 is 2.37 bits per heavy atom. The predicted molar refractivity (Wildman–Crippen MR) is 126 cm³/mol. The van der Waals surface area contributed by atoms with E-state index in [1.165, 1.54) is 37.1 Å². The molecule has 0 radical (unpaired) electrons. The Hall–Kier alpha value is -2.19. The second-order valence-electron chi connectivity index (χ2n) is 8.11. The van der Waals surface area contributed by atoms with E-state index in [-0.39, 0.29) is 11.9 Å². The van der Waals surface area contributed by atoms with Gasteiger partial charge in [-0.2, -0.15) is 0 Å². The van der Waals surface area contributed by atoms with Crippen molar-refractivity contribution in [3.63, 3.8) is 0 Å². The summed E-state index contributed by atoms with van der Waals surface area (Å²) >= 11 is 0. The lowest BCUT2D eigenvalue weighted by molar-refractivity contribution is -0.113. The second kappa shape index (κ2) is 10.7. The third kappa shape index (κ3) is 5.70. The maximum absolute atomic E-state index is 13.2. The Labute approximate surface area is 180 Å². The van der Waals surface area contributed by atoms with Crippen molar-refractivity contribution in [1.29, 1.82) is 0 Å². The molecule has 1 heterocycles. The first-order chi connectivity index (χ1) is 14.6. The maximum Gasteiger partial charge on any atom is 0.340 e. The van der Waals surface area contributed by atoms with E-state index in [9.17, 15) is 9.59 Å². The van der Waals surface area contributed by atoms with Gasteiger partial charge in [-0.25, -0.2) is 4.79 Å². The van der Waals surface area contributed by atoms with Crippen molar-refractivity contribution in [3.8, 4) is 0 Å². The van der Waals surface area contributed by atoms with E-state index in [0.29, 0.717) is 24.0 Å². The summed E-state index contributed by atoms with van der Waals surface area (Å²) in [5.74, 6) is -0.345. The van der Waals surface area contributed by atoms with Crippen LogP contribution in [0.15, 0.2) is 48.5 Å². The number of rotatable bonds is 8. The van der Waals surface area contributed by atoms with Gasteiger partial charge in [0.05, 0.1) is 36.3 Å². The molecule has 160 valence electrons. The molecule has 2 aromatic rings. The SMILES string of the molecule is CCOC(=O)c1cccc(CC)c1NC(=O)C[P+]1(Cc2ccccc2)CCCCC1. The summed E-state index contributed by atoms with van der Waals surface area (Å²) in [5.41, 5.74) is 3.37. The van der Waals surface area contributed by atoms with Gasteiger partial charge in [-0.15, -0.1) is 0 Å². The first-order valence-electron chi connectivity index (χ1n) is 11.0. The zero-order chi connectivity index (χ0) is 21.4. The molecule has 4 nitrogen and oxygen atoms in total. The minimum Gasteiger partial charge on any atom is -0.462 e. The second-order valence-corrected chi connectivity index (χ2v) is 12.3. The summed E-state index contributed by atoms with van der Waals surface area (Å²) in [6.07, 6.45) is 8.41. The quantitative estimate of drug-likeness (QED) is 0.431. The number of hydrogen-bond acceptors (Lipinski definition) is 3. The summed E-state index contributed by atoms with van der Waals surface area (Å²) in [5, 5.41) is 3.12. The van der Waals surface area contributed by atoms with E-state index in [0.717, 1.165) is 18.1 Å². The molecule has 1 N–H and O–H groups in total. The van der Waals surface area contributed by atoms with Gasteiger partial charge in [-0.1, -0.05) is 49.4 Å². The van der Waals surface area contributed by atoms with Crippen LogP contribution >= 0.6 is 7.26 Å².